The Morgan fingerprint density at radius 3 is 2.20 bits per heavy atom. The molecule has 2 N–H and O–H groups in total. The van der Waals surface area contributed by atoms with Gasteiger partial charge in [-0.05, 0) is 67.1 Å². The minimum atomic E-state index is -4.85. The van der Waals surface area contributed by atoms with Crippen LogP contribution in [0, 0.1) is 0 Å². The van der Waals surface area contributed by atoms with Crippen LogP contribution in [0.3, 0.4) is 0 Å². The van der Waals surface area contributed by atoms with Gasteiger partial charge in [-0.15, -0.1) is 13.2 Å². The third-order valence-corrected chi connectivity index (χ3v) is 9.18. The van der Waals surface area contributed by atoms with Gasteiger partial charge in [0.1, 0.15) is 15.7 Å². The predicted octanol–water partition coefficient (Wildman–Crippen LogP) is 6.74. The zero-order valence-electron chi connectivity index (χ0n) is 21.2. The van der Waals surface area contributed by atoms with Crippen LogP contribution in [0.1, 0.15) is 19.4 Å². The molecule has 0 spiro atoms. The molecule has 40 heavy (non-hydrogen) atoms. The van der Waals surface area contributed by atoms with Crippen LogP contribution in [-0.4, -0.2) is 52.1 Å². The number of hydrogen-bond acceptors (Lipinski definition) is 5. The Morgan fingerprint density at radius 2 is 1.65 bits per heavy atom. The zero-order valence-corrected chi connectivity index (χ0v) is 23.5. The third-order valence-electron chi connectivity index (χ3n) is 6.64. The SMILES string of the molecule is CCCN=S(=O)(N[C@H]1COC[C@H](n2c3ccc(Cl)cc3c3cc(Cl)ccc32)[C@@H]1O)c1ccc(OC(F)(F)F)cc1. The molecule has 0 saturated carbocycles. The molecular weight excluding hydrogens is 590 g/mol. The summed E-state index contributed by atoms with van der Waals surface area (Å²) in [6, 6.07) is 14.2. The highest BCUT2D eigenvalue weighted by molar-refractivity contribution is 7.91. The van der Waals surface area contributed by atoms with Crippen molar-refractivity contribution in [3.05, 3.63) is 70.7 Å². The number of rotatable bonds is 7. The number of aliphatic hydroxyl groups excluding tert-OH is 1. The van der Waals surface area contributed by atoms with Gasteiger partial charge in [-0.2, -0.15) is 0 Å². The molecular formula is C27H26Cl2F3N3O4S. The van der Waals surface area contributed by atoms with E-state index in [4.69, 9.17) is 27.9 Å². The fourth-order valence-electron chi connectivity index (χ4n) is 4.90. The Balaban J connectivity index is 1.50. The van der Waals surface area contributed by atoms with Crippen LogP contribution in [0.25, 0.3) is 21.8 Å². The Bertz CT molecular complexity index is 1590. The summed E-state index contributed by atoms with van der Waals surface area (Å²) in [7, 11) is -3.36. The summed E-state index contributed by atoms with van der Waals surface area (Å²) in [6.45, 7) is 2.31. The maximum Gasteiger partial charge on any atom is 0.573 e. The lowest BCUT2D eigenvalue weighted by Crippen LogP contribution is -2.53. The van der Waals surface area contributed by atoms with Crippen LogP contribution in [0.4, 0.5) is 13.2 Å². The van der Waals surface area contributed by atoms with Gasteiger partial charge in [0.15, 0.2) is 0 Å². The molecule has 0 amide bonds. The molecule has 1 aliphatic rings. The molecule has 1 fully saturated rings. The molecule has 214 valence electrons. The number of fused-ring (bicyclic) bond motifs is 3. The molecule has 13 heteroatoms. The van der Waals surface area contributed by atoms with Crippen molar-refractivity contribution in [1.82, 2.24) is 9.29 Å². The highest BCUT2D eigenvalue weighted by Gasteiger charge is 2.37. The minimum Gasteiger partial charge on any atom is -0.406 e. The average Bonchev–Trinajstić information content (AvgIpc) is 3.20. The largest absolute Gasteiger partial charge is 0.573 e. The van der Waals surface area contributed by atoms with Crippen molar-refractivity contribution in [2.24, 2.45) is 4.36 Å². The number of ether oxygens (including phenoxy) is 2. The van der Waals surface area contributed by atoms with E-state index in [0.717, 1.165) is 33.9 Å². The van der Waals surface area contributed by atoms with Crippen LogP contribution in [0.5, 0.6) is 5.75 Å². The molecule has 0 radical (unpaired) electrons. The number of hydrogen-bond donors (Lipinski definition) is 2. The Kier molecular flexibility index (Phi) is 8.24. The zero-order chi connectivity index (χ0) is 28.7. The fourth-order valence-corrected chi connectivity index (χ4v) is 7.16. The summed E-state index contributed by atoms with van der Waals surface area (Å²) in [5.74, 6) is -0.443. The smallest absolute Gasteiger partial charge is 0.406 e. The lowest BCUT2D eigenvalue weighted by atomic mass is 10.0. The second kappa shape index (κ2) is 11.4. The Morgan fingerprint density at radius 1 is 1.05 bits per heavy atom. The number of nitrogens with zero attached hydrogens (tertiary/aromatic N) is 2. The van der Waals surface area contributed by atoms with Crippen molar-refractivity contribution < 1.29 is 32.0 Å². The molecule has 7 nitrogen and oxygen atoms in total. The van der Waals surface area contributed by atoms with Crippen LogP contribution in [-0.2, 0) is 14.7 Å². The number of halogens is 5. The fraction of sp³-hybridized carbons (Fsp3) is 0.333. The highest BCUT2D eigenvalue weighted by Crippen LogP contribution is 2.37. The molecule has 4 atom stereocenters. The van der Waals surface area contributed by atoms with Crippen molar-refractivity contribution in [2.45, 2.75) is 42.8 Å². The maximum atomic E-state index is 14.1. The van der Waals surface area contributed by atoms with Crippen molar-refractivity contribution in [2.75, 3.05) is 19.8 Å². The first-order valence-electron chi connectivity index (χ1n) is 12.5. The van der Waals surface area contributed by atoms with Crippen molar-refractivity contribution in [3.63, 3.8) is 0 Å². The second-order valence-corrected chi connectivity index (χ2v) is 12.3. The molecule has 3 aromatic carbocycles. The van der Waals surface area contributed by atoms with Crippen molar-refractivity contribution in [1.29, 1.82) is 0 Å². The van der Waals surface area contributed by atoms with E-state index in [2.05, 4.69) is 13.8 Å². The van der Waals surface area contributed by atoms with E-state index in [-0.39, 0.29) is 24.7 Å². The lowest BCUT2D eigenvalue weighted by Gasteiger charge is -2.37. The van der Waals surface area contributed by atoms with Gasteiger partial charge in [-0.1, -0.05) is 30.1 Å². The molecule has 1 aromatic heterocycles. The van der Waals surface area contributed by atoms with Crippen LogP contribution >= 0.6 is 23.2 Å². The van der Waals surface area contributed by atoms with Gasteiger partial charge >= 0.3 is 6.36 Å². The first-order chi connectivity index (χ1) is 19.0. The Labute approximate surface area is 239 Å². The number of alkyl halides is 3. The van der Waals surface area contributed by atoms with Crippen LogP contribution < -0.4 is 9.46 Å². The Hall–Kier alpha value is -2.54. The number of nitrogens with one attached hydrogen (secondary N) is 1. The number of aliphatic hydroxyl groups is 1. The normalized spacial score (nSPS) is 21.4. The van der Waals surface area contributed by atoms with E-state index in [1.807, 2.05) is 35.8 Å². The number of aromatic nitrogens is 1. The van der Waals surface area contributed by atoms with Crippen molar-refractivity contribution in [3.8, 4) is 5.75 Å². The summed E-state index contributed by atoms with van der Waals surface area (Å²) >= 11 is 12.6. The highest BCUT2D eigenvalue weighted by atomic mass is 35.5. The monoisotopic (exact) mass is 615 g/mol. The van der Waals surface area contributed by atoms with E-state index in [9.17, 15) is 22.5 Å². The average molecular weight is 616 g/mol. The molecule has 5 rings (SSSR count). The summed E-state index contributed by atoms with van der Waals surface area (Å²) in [4.78, 5) is 0.158. The molecule has 1 saturated heterocycles. The molecule has 2 heterocycles. The summed E-state index contributed by atoms with van der Waals surface area (Å²) in [5.41, 5.74) is 1.62. The molecule has 1 unspecified atom stereocenters. The van der Waals surface area contributed by atoms with Gasteiger partial charge in [0, 0.05) is 38.4 Å². The van der Waals surface area contributed by atoms with E-state index < -0.39 is 40.2 Å². The summed E-state index contributed by atoms with van der Waals surface area (Å²) < 4.78 is 71.0. The molecule has 4 aromatic rings. The van der Waals surface area contributed by atoms with Gasteiger partial charge < -0.3 is 19.1 Å². The van der Waals surface area contributed by atoms with E-state index in [1.165, 1.54) is 12.1 Å². The second-order valence-electron chi connectivity index (χ2n) is 9.41. The lowest BCUT2D eigenvalue weighted by molar-refractivity contribution is -0.274. The van der Waals surface area contributed by atoms with Gasteiger partial charge in [0.05, 0.1) is 36.3 Å². The first-order valence-corrected chi connectivity index (χ1v) is 14.8. The summed E-state index contributed by atoms with van der Waals surface area (Å²) in [6.07, 6.45) is -5.33. The van der Waals surface area contributed by atoms with E-state index in [1.54, 1.807) is 12.1 Å². The summed E-state index contributed by atoms with van der Waals surface area (Å²) in [5, 5.41) is 14.4. The molecule has 0 bridgehead atoms. The van der Waals surface area contributed by atoms with Gasteiger partial charge in [-0.3, -0.25) is 0 Å². The third kappa shape index (κ3) is 5.90. The standard InChI is InChI=1S/C27H26Cl2F3N3O4S/c1-2-11-33-40(37,19-7-5-18(6-8-19)39-27(30,31)32)34-22-14-38-15-25(26(22)36)35-23-9-3-16(28)12-20(23)21-13-17(29)4-10-24(21)35/h3-10,12-13,22,25-26,36H,2,11,14-15H2,1H3,(H,33,34,37)/t22-,25-,26+,40?/m0/s1. The van der Waals surface area contributed by atoms with E-state index in [0.29, 0.717) is 16.5 Å². The van der Waals surface area contributed by atoms with E-state index >= 15 is 0 Å². The quantitative estimate of drug-likeness (QED) is 0.241. The van der Waals surface area contributed by atoms with Crippen molar-refractivity contribution >= 4 is 54.9 Å². The van der Waals surface area contributed by atoms with Gasteiger partial charge in [-0.25, -0.2) is 13.3 Å². The first kappa shape index (κ1) is 29.0. The predicted molar refractivity (Wildman–Crippen MR) is 149 cm³/mol. The minimum absolute atomic E-state index is 0.0420. The molecule has 0 aliphatic carbocycles. The van der Waals surface area contributed by atoms with Crippen LogP contribution in [0.15, 0.2) is 69.9 Å². The van der Waals surface area contributed by atoms with Gasteiger partial charge in [0.2, 0.25) is 0 Å². The number of benzene rings is 3. The topological polar surface area (TPSA) is 85.1 Å². The van der Waals surface area contributed by atoms with Gasteiger partial charge in [0.25, 0.3) is 0 Å². The molecule has 1 aliphatic heterocycles. The van der Waals surface area contributed by atoms with Crippen LogP contribution in [0.2, 0.25) is 10.0 Å². The maximum absolute atomic E-state index is 14.1.